The van der Waals surface area contributed by atoms with Gasteiger partial charge in [-0.05, 0) is 24.6 Å². The Bertz CT molecular complexity index is 490. The Morgan fingerprint density at radius 1 is 1.24 bits per heavy atom. The zero-order chi connectivity index (χ0) is 12.3. The lowest BCUT2D eigenvalue weighted by Crippen LogP contribution is -2.05. The maximum atomic E-state index is 5.81. The fourth-order valence-corrected chi connectivity index (χ4v) is 1.60. The molecule has 0 radical (unpaired) electrons. The number of rotatable bonds is 3. The van der Waals surface area contributed by atoms with E-state index in [4.69, 9.17) is 17.3 Å². The molecule has 1 aromatic heterocycles. The van der Waals surface area contributed by atoms with Crippen LogP contribution in [-0.2, 0) is 6.54 Å². The van der Waals surface area contributed by atoms with Crippen molar-refractivity contribution in [3.05, 3.63) is 46.6 Å². The van der Waals surface area contributed by atoms with Gasteiger partial charge in [-0.3, -0.25) is 0 Å². The maximum absolute atomic E-state index is 5.81. The summed E-state index contributed by atoms with van der Waals surface area (Å²) >= 11 is 5.81. The molecule has 5 heteroatoms. The van der Waals surface area contributed by atoms with Crippen LogP contribution < -0.4 is 11.1 Å². The van der Waals surface area contributed by atoms with Crippen LogP contribution in [0.3, 0.4) is 0 Å². The van der Waals surface area contributed by atoms with Gasteiger partial charge in [0, 0.05) is 23.3 Å². The van der Waals surface area contributed by atoms with Crippen molar-refractivity contribution in [2.75, 3.05) is 11.1 Å². The molecule has 0 saturated heterocycles. The molecule has 0 aliphatic rings. The van der Waals surface area contributed by atoms with Gasteiger partial charge < -0.3 is 11.1 Å². The van der Waals surface area contributed by atoms with E-state index in [9.17, 15) is 0 Å². The summed E-state index contributed by atoms with van der Waals surface area (Å²) in [6, 6.07) is 9.50. The van der Waals surface area contributed by atoms with Crippen LogP contribution in [0.25, 0.3) is 0 Å². The molecule has 4 nitrogen and oxygen atoms in total. The van der Waals surface area contributed by atoms with Gasteiger partial charge in [-0.25, -0.2) is 4.98 Å². The molecule has 0 fully saturated rings. The number of halogens is 1. The molecule has 3 N–H and O–H groups in total. The van der Waals surface area contributed by atoms with Crippen molar-refractivity contribution in [1.82, 2.24) is 9.97 Å². The van der Waals surface area contributed by atoms with Gasteiger partial charge in [0.15, 0.2) is 0 Å². The predicted octanol–water partition coefficient (Wildman–Crippen LogP) is 2.63. The highest BCUT2D eigenvalue weighted by molar-refractivity contribution is 6.30. The molecule has 0 saturated carbocycles. The molecular weight excluding hydrogens is 236 g/mol. The van der Waals surface area contributed by atoms with Gasteiger partial charge >= 0.3 is 0 Å². The molecule has 0 amide bonds. The Kier molecular flexibility index (Phi) is 3.44. The quantitative estimate of drug-likeness (QED) is 0.877. The van der Waals surface area contributed by atoms with Crippen LogP contribution >= 0.6 is 11.6 Å². The summed E-state index contributed by atoms with van der Waals surface area (Å²) in [5.41, 5.74) is 7.54. The first-order valence-corrected chi connectivity index (χ1v) is 5.61. The molecular formula is C12H13ClN4. The summed E-state index contributed by atoms with van der Waals surface area (Å²) in [4.78, 5) is 8.11. The minimum Gasteiger partial charge on any atom is -0.368 e. The second-order valence-electron chi connectivity index (χ2n) is 3.73. The van der Waals surface area contributed by atoms with E-state index in [0.717, 1.165) is 22.1 Å². The van der Waals surface area contributed by atoms with Crippen molar-refractivity contribution in [3.8, 4) is 0 Å². The third-order valence-electron chi connectivity index (χ3n) is 2.26. The molecule has 0 bridgehead atoms. The average molecular weight is 249 g/mol. The number of aryl methyl sites for hydroxylation is 1. The Hall–Kier alpha value is -1.81. The predicted molar refractivity (Wildman–Crippen MR) is 70.0 cm³/mol. The van der Waals surface area contributed by atoms with E-state index >= 15 is 0 Å². The van der Waals surface area contributed by atoms with Crippen molar-refractivity contribution in [3.63, 3.8) is 0 Å². The minimum absolute atomic E-state index is 0.281. The second kappa shape index (κ2) is 5.01. The summed E-state index contributed by atoms with van der Waals surface area (Å²) in [5, 5.41) is 3.92. The Morgan fingerprint density at radius 2 is 1.94 bits per heavy atom. The smallest absolute Gasteiger partial charge is 0.222 e. The van der Waals surface area contributed by atoms with Crippen molar-refractivity contribution in [2.24, 2.45) is 0 Å². The van der Waals surface area contributed by atoms with Crippen LogP contribution in [0.5, 0.6) is 0 Å². The SMILES string of the molecule is Cc1cc(NCc2ccc(Cl)cc2)nc(N)n1. The second-order valence-corrected chi connectivity index (χ2v) is 4.17. The van der Waals surface area contributed by atoms with Crippen molar-refractivity contribution in [1.29, 1.82) is 0 Å². The molecule has 1 heterocycles. The number of hydrogen-bond acceptors (Lipinski definition) is 4. The largest absolute Gasteiger partial charge is 0.368 e. The Morgan fingerprint density at radius 3 is 2.59 bits per heavy atom. The normalized spacial score (nSPS) is 10.2. The highest BCUT2D eigenvalue weighted by Crippen LogP contribution is 2.12. The van der Waals surface area contributed by atoms with Gasteiger partial charge in [-0.2, -0.15) is 4.98 Å². The maximum Gasteiger partial charge on any atom is 0.222 e. The lowest BCUT2D eigenvalue weighted by molar-refractivity contribution is 1.06. The van der Waals surface area contributed by atoms with Gasteiger partial charge in [0.05, 0.1) is 0 Å². The molecule has 0 spiro atoms. The van der Waals surface area contributed by atoms with E-state index in [0.29, 0.717) is 6.54 Å². The zero-order valence-electron chi connectivity index (χ0n) is 9.44. The first kappa shape index (κ1) is 11.7. The molecule has 0 aliphatic carbocycles. The topological polar surface area (TPSA) is 63.8 Å². The van der Waals surface area contributed by atoms with Crippen LogP contribution in [-0.4, -0.2) is 9.97 Å². The molecule has 0 unspecified atom stereocenters. The Balaban J connectivity index is 2.04. The number of nitrogens with zero attached hydrogens (tertiary/aromatic N) is 2. The molecule has 0 aliphatic heterocycles. The van der Waals surface area contributed by atoms with Crippen LogP contribution in [0.4, 0.5) is 11.8 Å². The summed E-state index contributed by atoms with van der Waals surface area (Å²) in [6.07, 6.45) is 0. The average Bonchev–Trinajstić information content (AvgIpc) is 2.27. The van der Waals surface area contributed by atoms with E-state index in [2.05, 4.69) is 15.3 Å². The number of anilines is 2. The summed E-state index contributed by atoms with van der Waals surface area (Å²) in [5.74, 6) is 1.01. The first-order chi connectivity index (χ1) is 8.13. The lowest BCUT2D eigenvalue weighted by atomic mass is 10.2. The van der Waals surface area contributed by atoms with E-state index in [1.165, 1.54) is 0 Å². The van der Waals surface area contributed by atoms with Gasteiger partial charge in [-0.1, -0.05) is 23.7 Å². The van der Waals surface area contributed by atoms with Gasteiger partial charge in [-0.15, -0.1) is 0 Å². The Labute approximate surface area is 105 Å². The number of nitrogens with one attached hydrogen (secondary N) is 1. The highest BCUT2D eigenvalue weighted by Gasteiger charge is 1.99. The lowest BCUT2D eigenvalue weighted by Gasteiger charge is -2.07. The number of hydrogen-bond donors (Lipinski definition) is 2. The van der Waals surface area contributed by atoms with Gasteiger partial charge in [0.2, 0.25) is 5.95 Å². The fourth-order valence-electron chi connectivity index (χ4n) is 1.48. The van der Waals surface area contributed by atoms with Crippen molar-refractivity contribution < 1.29 is 0 Å². The third-order valence-corrected chi connectivity index (χ3v) is 2.51. The molecule has 2 rings (SSSR count). The summed E-state index contributed by atoms with van der Waals surface area (Å²) in [6.45, 7) is 2.55. The van der Waals surface area contributed by atoms with Crippen LogP contribution in [0, 0.1) is 6.92 Å². The van der Waals surface area contributed by atoms with E-state index in [-0.39, 0.29) is 5.95 Å². The molecule has 0 atom stereocenters. The van der Waals surface area contributed by atoms with Crippen molar-refractivity contribution in [2.45, 2.75) is 13.5 Å². The summed E-state index contributed by atoms with van der Waals surface area (Å²) in [7, 11) is 0. The molecule has 2 aromatic rings. The molecule has 17 heavy (non-hydrogen) atoms. The van der Waals surface area contributed by atoms with Gasteiger partial charge in [0.25, 0.3) is 0 Å². The minimum atomic E-state index is 0.281. The molecule has 1 aromatic carbocycles. The first-order valence-electron chi connectivity index (χ1n) is 5.23. The van der Waals surface area contributed by atoms with E-state index in [1.807, 2.05) is 37.3 Å². The number of aromatic nitrogens is 2. The van der Waals surface area contributed by atoms with E-state index < -0.39 is 0 Å². The zero-order valence-corrected chi connectivity index (χ0v) is 10.2. The number of benzene rings is 1. The third kappa shape index (κ3) is 3.32. The number of nitrogens with two attached hydrogens (primary N) is 1. The summed E-state index contributed by atoms with van der Waals surface area (Å²) < 4.78 is 0. The fraction of sp³-hybridized carbons (Fsp3) is 0.167. The van der Waals surface area contributed by atoms with Crippen LogP contribution in [0.15, 0.2) is 30.3 Å². The standard InChI is InChI=1S/C12H13ClN4/c1-8-6-11(17-12(14)16-8)15-7-9-2-4-10(13)5-3-9/h2-6H,7H2,1H3,(H3,14,15,16,17). The molecule has 88 valence electrons. The monoisotopic (exact) mass is 248 g/mol. The van der Waals surface area contributed by atoms with E-state index in [1.54, 1.807) is 0 Å². The highest BCUT2D eigenvalue weighted by atomic mass is 35.5. The van der Waals surface area contributed by atoms with Crippen LogP contribution in [0.1, 0.15) is 11.3 Å². The van der Waals surface area contributed by atoms with Crippen LogP contribution in [0.2, 0.25) is 5.02 Å². The number of nitrogen functional groups attached to an aromatic ring is 1. The van der Waals surface area contributed by atoms with Gasteiger partial charge in [0.1, 0.15) is 5.82 Å². The van der Waals surface area contributed by atoms with Crippen molar-refractivity contribution >= 4 is 23.4 Å².